The van der Waals surface area contributed by atoms with E-state index in [1.807, 2.05) is 12.1 Å². The molecule has 21 heavy (non-hydrogen) atoms. The largest absolute Gasteiger partial charge is 0.476 e. The van der Waals surface area contributed by atoms with Gasteiger partial charge in [-0.1, -0.05) is 13.3 Å². The van der Waals surface area contributed by atoms with Crippen molar-refractivity contribution in [3.8, 4) is 5.88 Å². The molecule has 3 N–H and O–H groups in total. The van der Waals surface area contributed by atoms with E-state index in [4.69, 9.17) is 10.5 Å². The van der Waals surface area contributed by atoms with Crippen LogP contribution >= 0.6 is 0 Å². The van der Waals surface area contributed by atoms with E-state index in [0.717, 1.165) is 18.3 Å². The standard InChI is InChI=1S/C17H27N3O/c1-2-12-5-7-14(8-6-12)19-16-10-9-15(18)17(20-16)21-11-13-3-4-13/h9-10,12-14H,2-8,11,18H2,1H3,(H,19,20). The minimum Gasteiger partial charge on any atom is -0.476 e. The molecule has 0 saturated heterocycles. The van der Waals surface area contributed by atoms with E-state index < -0.39 is 0 Å². The van der Waals surface area contributed by atoms with Crippen molar-refractivity contribution in [1.29, 1.82) is 0 Å². The smallest absolute Gasteiger partial charge is 0.239 e. The lowest BCUT2D eigenvalue weighted by Crippen LogP contribution is -2.26. The maximum Gasteiger partial charge on any atom is 0.239 e. The van der Waals surface area contributed by atoms with Gasteiger partial charge in [-0.25, -0.2) is 0 Å². The van der Waals surface area contributed by atoms with Gasteiger partial charge in [0.15, 0.2) is 0 Å². The molecule has 1 heterocycles. The van der Waals surface area contributed by atoms with Crippen LogP contribution in [0.2, 0.25) is 0 Å². The van der Waals surface area contributed by atoms with Crippen molar-refractivity contribution in [2.75, 3.05) is 17.7 Å². The van der Waals surface area contributed by atoms with Crippen LogP contribution in [0, 0.1) is 11.8 Å². The number of nitrogen functional groups attached to an aromatic ring is 1. The Morgan fingerprint density at radius 2 is 1.86 bits per heavy atom. The van der Waals surface area contributed by atoms with Crippen LogP contribution in [-0.4, -0.2) is 17.6 Å². The molecule has 0 unspecified atom stereocenters. The minimum absolute atomic E-state index is 0.542. The second-order valence-electron chi connectivity index (χ2n) is 6.62. The summed E-state index contributed by atoms with van der Waals surface area (Å²) in [5.41, 5.74) is 6.59. The molecular weight excluding hydrogens is 262 g/mol. The predicted octanol–water partition coefficient (Wildman–Crippen LogP) is 3.83. The molecule has 0 amide bonds. The van der Waals surface area contributed by atoms with Crippen LogP contribution < -0.4 is 15.8 Å². The zero-order valence-corrected chi connectivity index (χ0v) is 13.0. The monoisotopic (exact) mass is 289 g/mol. The van der Waals surface area contributed by atoms with Crippen LogP contribution in [0.4, 0.5) is 11.5 Å². The third kappa shape index (κ3) is 4.02. The third-order valence-corrected chi connectivity index (χ3v) is 4.82. The molecule has 0 atom stereocenters. The van der Waals surface area contributed by atoms with E-state index in [1.54, 1.807) is 0 Å². The fraction of sp³-hybridized carbons (Fsp3) is 0.706. The molecule has 4 heteroatoms. The fourth-order valence-corrected chi connectivity index (χ4v) is 3.05. The van der Waals surface area contributed by atoms with Crippen molar-refractivity contribution in [3.63, 3.8) is 0 Å². The van der Waals surface area contributed by atoms with Crippen molar-refractivity contribution in [2.45, 2.75) is 57.9 Å². The topological polar surface area (TPSA) is 60.2 Å². The summed E-state index contributed by atoms with van der Waals surface area (Å²) in [5, 5.41) is 3.55. The lowest BCUT2D eigenvalue weighted by Gasteiger charge is -2.28. The van der Waals surface area contributed by atoms with E-state index >= 15 is 0 Å². The van der Waals surface area contributed by atoms with Gasteiger partial charge >= 0.3 is 0 Å². The maximum atomic E-state index is 5.95. The lowest BCUT2D eigenvalue weighted by atomic mass is 9.84. The molecule has 2 fully saturated rings. The van der Waals surface area contributed by atoms with Crippen LogP contribution in [0.3, 0.4) is 0 Å². The van der Waals surface area contributed by atoms with E-state index in [9.17, 15) is 0 Å². The number of aromatic nitrogens is 1. The van der Waals surface area contributed by atoms with Crippen LogP contribution in [0.25, 0.3) is 0 Å². The summed E-state index contributed by atoms with van der Waals surface area (Å²) >= 11 is 0. The summed E-state index contributed by atoms with van der Waals surface area (Å²) in [4.78, 5) is 4.55. The summed E-state index contributed by atoms with van der Waals surface area (Å²) in [6.07, 6.45) is 9.00. The van der Waals surface area contributed by atoms with Gasteiger partial charge in [-0.15, -0.1) is 0 Å². The number of hydrogen-bond acceptors (Lipinski definition) is 4. The van der Waals surface area contributed by atoms with Crippen molar-refractivity contribution in [1.82, 2.24) is 4.98 Å². The average Bonchev–Trinajstić information content (AvgIpc) is 3.33. The Labute approximate surface area is 127 Å². The highest BCUT2D eigenvalue weighted by atomic mass is 16.5. The Balaban J connectivity index is 1.56. The second kappa shape index (κ2) is 6.54. The molecule has 1 aromatic rings. The predicted molar refractivity (Wildman–Crippen MR) is 86.5 cm³/mol. The second-order valence-corrected chi connectivity index (χ2v) is 6.62. The highest BCUT2D eigenvalue weighted by Crippen LogP contribution is 2.32. The number of ether oxygens (including phenoxy) is 1. The maximum absolute atomic E-state index is 5.95. The number of nitrogens with two attached hydrogens (primary N) is 1. The number of rotatable bonds is 6. The van der Waals surface area contributed by atoms with Crippen LogP contribution in [0.15, 0.2) is 12.1 Å². The molecular formula is C17H27N3O. The molecule has 3 rings (SSSR count). The highest BCUT2D eigenvalue weighted by Gasteiger charge is 2.23. The lowest BCUT2D eigenvalue weighted by molar-refractivity contribution is 0.290. The van der Waals surface area contributed by atoms with Crippen molar-refractivity contribution in [3.05, 3.63) is 12.1 Å². The molecule has 116 valence electrons. The summed E-state index contributed by atoms with van der Waals surface area (Å²) < 4.78 is 5.75. The molecule has 2 aliphatic rings. The summed E-state index contributed by atoms with van der Waals surface area (Å²) in [6, 6.07) is 4.40. The van der Waals surface area contributed by atoms with Gasteiger partial charge in [0.25, 0.3) is 0 Å². The average molecular weight is 289 g/mol. The van der Waals surface area contributed by atoms with Crippen LogP contribution in [0.1, 0.15) is 51.9 Å². The number of anilines is 2. The van der Waals surface area contributed by atoms with E-state index in [-0.39, 0.29) is 0 Å². The van der Waals surface area contributed by atoms with Crippen LogP contribution in [0.5, 0.6) is 5.88 Å². The van der Waals surface area contributed by atoms with Gasteiger partial charge < -0.3 is 15.8 Å². The van der Waals surface area contributed by atoms with Gasteiger partial charge in [-0.2, -0.15) is 4.98 Å². The van der Waals surface area contributed by atoms with Crippen molar-refractivity contribution < 1.29 is 4.74 Å². The Hall–Kier alpha value is -1.45. The van der Waals surface area contributed by atoms with Gasteiger partial charge in [-0.3, -0.25) is 0 Å². The van der Waals surface area contributed by atoms with Crippen LogP contribution in [-0.2, 0) is 0 Å². The zero-order valence-electron chi connectivity index (χ0n) is 13.0. The fourth-order valence-electron chi connectivity index (χ4n) is 3.05. The van der Waals surface area contributed by atoms with Gasteiger partial charge in [0.05, 0.1) is 12.3 Å². The first-order valence-electron chi connectivity index (χ1n) is 8.40. The number of hydrogen-bond donors (Lipinski definition) is 2. The summed E-state index contributed by atoms with van der Waals surface area (Å²) in [6.45, 7) is 3.05. The van der Waals surface area contributed by atoms with Crippen molar-refractivity contribution >= 4 is 11.5 Å². The molecule has 0 aliphatic heterocycles. The normalized spacial score (nSPS) is 25.6. The summed E-state index contributed by atoms with van der Waals surface area (Å²) in [7, 11) is 0. The van der Waals surface area contributed by atoms with Gasteiger partial charge in [-0.05, 0) is 62.5 Å². The number of pyridine rings is 1. The first-order valence-corrected chi connectivity index (χ1v) is 8.40. The molecule has 0 spiro atoms. The first-order chi connectivity index (χ1) is 10.2. The molecule has 4 nitrogen and oxygen atoms in total. The third-order valence-electron chi connectivity index (χ3n) is 4.82. The zero-order chi connectivity index (χ0) is 14.7. The Bertz CT molecular complexity index is 465. The van der Waals surface area contributed by atoms with Gasteiger partial charge in [0, 0.05) is 6.04 Å². The molecule has 0 aromatic carbocycles. The molecule has 2 saturated carbocycles. The Kier molecular flexibility index (Phi) is 4.51. The highest BCUT2D eigenvalue weighted by molar-refractivity contribution is 5.53. The van der Waals surface area contributed by atoms with Crippen molar-refractivity contribution in [2.24, 2.45) is 11.8 Å². The minimum atomic E-state index is 0.542. The molecule has 0 bridgehead atoms. The first kappa shape index (κ1) is 14.5. The van der Waals surface area contributed by atoms with E-state index in [2.05, 4.69) is 17.2 Å². The molecule has 2 aliphatic carbocycles. The Morgan fingerprint density at radius 3 is 2.52 bits per heavy atom. The molecule has 0 radical (unpaired) electrons. The SMILES string of the molecule is CCC1CCC(Nc2ccc(N)c(OCC3CC3)n2)CC1. The Morgan fingerprint density at radius 1 is 1.14 bits per heavy atom. The summed E-state index contributed by atoms with van der Waals surface area (Å²) in [5.74, 6) is 3.12. The number of nitrogens with one attached hydrogen (secondary N) is 1. The quantitative estimate of drug-likeness (QED) is 0.835. The number of nitrogens with zero attached hydrogens (tertiary/aromatic N) is 1. The van der Waals surface area contributed by atoms with Gasteiger partial charge in [0.1, 0.15) is 5.82 Å². The van der Waals surface area contributed by atoms with Gasteiger partial charge in [0.2, 0.25) is 5.88 Å². The van der Waals surface area contributed by atoms with E-state index in [0.29, 0.717) is 23.5 Å². The molecule has 1 aromatic heterocycles. The van der Waals surface area contributed by atoms with E-state index in [1.165, 1.54) is 44.9 Å².